The predicted molar refractivity (Wildman–Crippen MR) is 85.8 cm³/mol. The van der Waals surface area contributed by atoms with Crippen molar-refractivity contribution in [3.63, 3.8) is 0 Å². The Morgan fingerprint density at radius 3 is 2.65 bits per heavy atom. The van der Waals surface area contributed by atoms with Gasteiger partial charge in [0.1, 0.15) is 11.6 Å². The molecule has 0 fully saturated rings. The fourth-order valence-corrected chi connectivity index (χ4v) is 3.06. The molecule has 0 aliphatic heterocycles. The van der Waals surface area contributed by atoms with E-state index in [-0.39, 0.29) is 11.8 Å². The van der Waals surface area contributed by atoms with Crippen molar-refractivity contribution in [2.45, 2.75) is 0 Å². The largest absolute Gasteiger partial charge is 0.369 e. The van der Waals surface area contributed by atoms with Crippen LogP contribution in [-0.4, -0.2) is 9.55 Å². The fraction of sp³-hybridized carbons (Fsp3) is 0. The van der Waals surface area contributed by atoms with E-state index in [1.165, 1.54) is 18.2 Å². The Morgan fingerprint density at radius 2 is 1.95 bits per heavy atom. The Balaban J connectivity index is 2.35. The molecule has 3 aromatic rings. The number of hydrogen-bond acceptors (Lipinski definition) is 2. The zero-order chi connectivity index (χ0) is 14.4. The van der Waals surface area contributed by atoms with Crippen molar-refractivity contribution in [3.8, 4) is 5.69 Å². The SMILES string of the molecule is Nc1nc2cc(Br)c(F)cc2n1-c1ccc(F)cc1I. The molecule has 0 bridgehead atoms. The highest BCUT2D eigenvalue weighted by atomic mass is 127. The number of fused-ring (bicyclic) bond motifs is 1. The summed E-state index contributed by atoms with van der Waals surface area (Å²) >= 11 is 5.12. The van der Waals surface area contributed by atoms with Crippen LogP contribution >= 0.6 is 38.5 Å². The third-order valence-electron chi connectivity index (χ3n) is 2.87. The molecule has 2 aromatic carbocycles. The molecule has 0 spiro atoms. The minimum atomic E-state index is -0.407. The summed E-state index contributed by atoms with van der Waals surface area (Å²) in [4.78, 5) is 4.20. The quantitative estimate of drug-likeness (QED) is 0.564. The zero-order valence-corrected chi connectivity index (χ0v) is 13.6. The maximum absolute atomic E-state index is 13.7. The fourth-order valence-electron chi connectivity index (χ4n) is 2.01. The molecule has 7 heteroatoms. The maximum Gasteiger partial charge on any atom is 0.205 e. The van der Waals surface area contributed by atoms with Gasteiger partial charge in [-0.25, -0.2) is 13.8 Å². The third kappa shape index (κ3) is 2.18. The van der Waals surface area contributed by atoms with Crippen LogP contribution in [0.2, 0.25) is 0 Å². The molecule has 0 saturated heterocycles. The van der Waals surface area contributed by atoms with Crippen LogP contribution in [0.15, 0.2) is 34.8 Å². The highest BCUT2D eigenvalue weighted by molar-refractivity contribution is 14.1. The lowest BCUT2D eigenvalue weighted by atomic mass is 10.2. The molecule has 3 nitrogen and oxygen atoms in total. The Hall–Kier alpha value is -1.22. The van der Waals surface area contributed by atoms with Gasteiger partial charge in [0.25, 0.3) is 0 Å². The molecule has 3 rings (SSSR count). The average Bonchev–Trinajstić information content (AvgIpc) is 2.66. The summed E-state index contributed by atoms with van der Waals surface area (Å²) in [6.45, 7) is 0. The van der Waals surface area contributed by atoms with Gasteiger partial charge in [-0.1, -0.05) is 0 Å². The number of rotatable bonds is 1. The number of nitrogens with zero attached hydrogens (tertiary/aromatic N) is 2. The van der Waals surface area contributed by atoms with E-state index in [4.69, 9.17) is 5.73 Å². The summed E-state index contributed by atoms with van der Waals surface area (Å²) in [5.41, 5.74) is 7.67. The molecule has 0 saturated carbocycles. The van der Waals surface area contributed by atoms with Crippen molar-refractivity contribution in [2.75, 3.05) is 5.73 Å². The molecular formula is C13H7BrF2IN3. The van der Waals surface area contributed by atoms with E-state index in [2.05, 4.69) is 20.9 Å². The molecule has 0 aliphatic carbocycles. The Bertz CT molecular complexity index is 832. The van der Waals surface area contributed by atoms with Gasteiger partial charge in [-0.3, -0.25) is 4.57 Å². The van der Waals surface area contributed by atoms with Crippen LogP contribution < -0.4 is 5.73 Å². The summed E-state index contributed by atoms with van der Waals surface area (Å²) in [7, 11) is 0. The van der Waals surface area contributed by atoms with E-state index >= 15 is 0 Å². The first-order valence-corrected chi connectivity index (χ1v) is 7.43. The van der Waals surface area contributed by atoms with Crippen LogP contribution in [0.5, 0.6) is 0 Å². The van der Waals surface area contributed by atoms with Crippen molar-refractivity contribution in [3.05, 3.63) is 50.0 Å². The van der Waals surface area contributed by atoms with Gasteiger partial charge in [0.15, 0.2) is 0 Å². The molecule has 1 aromatic heterocycles. The first kappa shape index (κ1) is 13.7. The van der Waals surface area contributed by atoms with Gasteiger partial charge in [0.05, 0.1) is 21.2 Å². The second-order valence-electron chi connectivity index (χ2n) is 4.16. The molecule has 0 radical (unpaired) electrons. The molecular weight excluding hydrogens is 443 g/mol. The Morgan fingerprint density at radius 1 is 1.20 bits per heavy atom. The van der Waals surface area contributed by atoms with Crippen molar-refractivity contribution in [1.29, 1.82) is 0 Å². The van der Waals surface area contributed by atoms with E-state index in [9.17, 15) is 8.78 Å². The van der Waals surface area contributed by atoms with E-state index < -0.39 is 5.82 Å². The van der Waals surface area contributed by atoms with E-state index in [1.807, 2.05) is 22.6 Å². The van der Waals surface area contributed by atoms with Crippen LogP contribution in [0.1, 0.15) is 0 Å². The predicted octanol–water partition coefficient (Wildman–Crippen LogP) is 4.25. The van der Waals surface area contributed by atoms with Crippen LogP contribution in [0.25, 0.3) is 16.7 Å². The first-order chi connectivity index (χ1) is 9.47. The van der Waals surface area contributed by atoms with Gasteiger partial charge in [-0.2, -0.15) is 0 Å². The summed E-state index contributed by atoms with van der Waals surface area (Å²) in [6, 6.07) is 7.22. The smallest absolute Gasteiger partial charge is 0.205 e. The molecule has 0 amide bonds. The van der Waals surface area contributed by atoms with E-state index in [1.54, 1.807) is 16.7 Å². The molecule has 1 heterocycles. The maximum atomic E-state index is 13.7. The first-order valence-electron chi connectivity index (χ1n) is 5.56. The monoisotopic (exact) mass is 449 g/mol. The van der Waals surface area contributed by atoms with Crippen molar-refractivity contribution < 1.29 is 8.78 Å². The standard InChI is InChI=1S/C13H7BrF2IN3/c14-7-4-10-12(5-8(7)16)20(13(18)19-10)11-2-1-6(15)3-9(11)17/h1-5H,(H2,18,19). The van der Waals surface area contributed by atoms with Crippen LogP contribution in [-0.2, 0) is 0 Å². The molecule has 0 atom stereocenters. The zero-order valence-electron chi connectivity index (χ0n) is 9.87. The Labute approximate surface area is 135 Å². The number of imidazole rings is 1. The molecule has 102 valence electrons. The number of nitrogens with two attached hydrogens (primary N) is 1. The van der Waals surface area contributed by atoms with E-state index in [0.717, 1.165) is 0 Å². The highest BCUT2D eigenvalue weighted by Crippen LogP contribution is 2.29. The van der Waals surface area contributed by atoms with Crippen molar-refractivity contribution >= 4 is 55.5 Å². The van der Waals surface area contributed by atoms with Gasteiger partial charge in [-0.05, 0) is 62.8 Å². The van der Waals surface area contributed by atoms with Crippen LogP contribution in [0, 0.1) is 15.2 Å². The summed E-state index contributed by atoms with van der Waals surface area (Å²) in [5.74, 6) is -0.520. The Kier molecular flexibility index (Phi) is 3.41. The summed E-state index contributed by atoms with van der Waals surface area (Å²) < 4.78 is 29.5. The number of anilines is 1. The number of aromatic nitrogens is 2. The van der Waals surface area contributed by atoms with Crippen molar-refractivity contribution in [2.24, 2.45) is 0 Å². The lowest BCUT2D eigenvalue weighted by molar-refractivity contribution is 0.622. The van der Waals surface area contributed by atoms with Crippen LogP contribution in [0.3, 0.4) is 0 Å². The second-order valence-corrected chi connectivity index (χ2v) is 6.17. The van der Waals surface area contributed by atoms with Crippen LogP contribution in [0.4, 0.5) is 14.7 Å². The molecule has 0 unspecified atom stereocenters. The number of benzene rings is 2. The topological polar surface area (TPSA) is 43.8 Å². The average molecular weight is 450 g/mol. The van der Waals surface area contributed by atoms with Gasteiger partial charge in [0.2, 0.25) is 5.95 Å². The minimum Gasteiger partial charge on any atom is -0.369 e. The van der Waals surface area contributed by atoms with Gasteiger partial charge < -0.3 is 5.73 Å². The lowest BCUT2D eigenvalue weighted by Gasteiger charge is -2.09. The van der Waals surface area contributed by atoms with E-state index in [0.29, 0.717) is 24.8 Å². The third-order valence-corrected chi connectivity index (χ3v) is 4.34. The molecule has 0 aliphatic rings. The summed E-state index contributed by atoms with van der Waals surface area (Å²) in [6.07, 6.45) is 0. The number of halogens is 4. The van der Waals surface area contributed by atoms with Gasteiger partial charge in [-0.15, -0.1) is 0 Å². The van der Waals surface area contributed by atoms with Gasteiger partial charge >= 0.3 is 0 Å². The number of nitrogen functional groups attached to an aromatic ring is 1. The second kappa shape index (κ2) is 4.96. The normalized spacial score (nSPS) is 11.2. The number of hydrogen-bond donors (Lipinski definition) is 1. The highest BCUT2D eigenvalue weighted by Gasteiger charge is 2.15. The lowest BCUT2D eigenvalue weighted by Crippen LogP contribution is -2.03. The van der Waals surface area contributed by atoms with Crippen molar-refractivity contribution in [1.82, 2.24) is 9.55 Å². The summed E-state index contributed by atoms with van der Waals surface area (Å²) in [5, 5.41) is 0. The van der Waals surface area contributed by atoms with Gasteiger partial charge in [0, 0.05) is 9.64 Å². The minimum absolute atomic E-state index is 0.224. The molecule has 20 heavy (non-hydrogen) atoms. The molecule has 2 N–H and O–H groups in total.